The van der Waals surface area contributed by atoms with Crippen molar-refractivity contribution >= 4 is 17.7 Å². The summed E-state index contributed by atoms with van der Waals surface area (Å²) in [5, 5.41) is 0. The number of benzene rings is 1. The first-order chi connectivity index (χ1) is 13.3. The van der Waals surface area contributed by atoms with Gasteiger partial charge in [-0.15, -0.1) is 0 Å². The van der Waals surface area contributed by atoms with Crippen molar-refractivity contribution in [2.45, 2.75) is 6.42 Å². The van der Waals surface area contributed by atoms with Gasteiger partial charge in [0, 0.05) is 56.5 Å². The van der Waals surface area contributed by atoms with Crippen molar-refractivity contribution in [1.82, 2.24) is 4.90 Å². The molecule has 2 aliphatic heterocycles. The van der Waals surface area contributed by atoms with Crippen LogP contribution in [0.1, 0.15) is 12.0 Å². The number of anilines is 1. The quantitative estimate of drug-likeness (QED) is 0.780. The van der Waals surface area contributed by atoms with Gasteiger partial charge in [-0.25, -0.2) is 4.98 Å². The van der Waals surface area contributed by atoms with Gasteiger partial charge in [-0.05, 0) is 23.8 Å². The zero-order valence-corrected chi connectivity index (χ0v) is 15.3. The van der Waals surface area contributed by atoms with E-state index in [9.17, 15) is 4.79 Å². The van der Waals surface area contributed by atoms with Crippen LogP contribution in [0.5, 0.6) is 11.5 Å². The lowest BCUT2D eigenvalue weighted by Gasteiger charge is -2.35. The predicted octanol–water partition coefficient (Wildman–Crippen LogP) is 2.02. The van der Waals surface area contributed by atoms with E-state index in [0.29, 0.717) is 13.2 Å². The molecule has 0 bridgehead atoms. The van der Waals surface area contributed by atoms with Gasteiger partial charge in [0.05, 0.1) is 13.2 Å². The minimum atomic E-state index is 0.0446. The Bertz CT molecular complexity index is 815. The average molecular weight is 366 g/mol. The largest absolute Gasteiger partial charge is 0.490 e. The highest BCUT2D eigenvalue weighted by molar-refractivity contribution is 5.92. The molecule has 0 atom stereocenters. The number of ether oxygens (including phenoxy) is 2. The SMILES string of the molecule is O=C(/C=C/c1ccc2c(c1)OCCCO2)N1CCN(c2cc[nH+]cc2)CC1. The van der Waals surface area contributed by atoms with Crippen LogP contribution in [-0.2, 0) is 4.79 Å². The van der Waals surface area contributed by atoms with Gasteiger partial charge in [0.15, 0.2) is 23.9 Å². The normalized spacial score (nSPS) is 17.0. The maximum absolute atomic E-state index is 12.5. The van der Waals surface area contributed by atoms with Crippen LogP contribution < -0.4 is 19.4 Å². The minimum Gasteiger partial charge on any atom is -0.490 e. The van der Waals surface area contributed by atoms with Crippen molar-refractivity contribution in [2.24, 2.45) is 0 Å². The lowest BCUT2D eigenvalue weighted by molar-refractivity contribution is -0.377. The molecule has 2 aliphatic rings. The smallest absolute Gasteiger partial charge is 0.246 e. The van der Waals surface area contributed by atoms with Gasteiger partial charge in [0.2, 0.25) is 5.91 Å². The molecule has 1 aromatic carbocycles. The van der Waals surface area contributed by atoms with Crippen molar-refractivity contribution in [1.29, 1.82) is 0 Å². The number of carbonyl (C=O) groups is 1. The third-order valence-electron chi connectivity index (χ3n) is 4.85. The first kappa shape index (κ1) is 17.4. The monoisotopic (exact) mass is 366 g/mol. The third-order valence-corrected chi connectivity index (χ3v) is 4.85. The van der Waals surface area contributed by atoms with Crippen LogP contribution >= 0.6 is 0 Å². The Morgan fingerprint density at radius 1 is 0.963 bits per heavy atom. The second-order valence-electron chi connectivity index (χ2n) is 6.66. The van der Waals surface area contributed by atoms with Crippen molar-refractivity contribution in [3.8, 4) is 11.5 Å². The van der Waals surface area contributed by atoms with Gasteiger partial charge < -0.3 is 19.3 Å². The Balaban J connectivity index is 1.35. The number of hydrogen-bond donors (Lipinski definition) is 0. The summed E-state index contributed by atoms with van der Waals surface area (Å²) in [6, 6.07) is 9.89. The van der Waals surface area contributed by atoms with E-state index in [1.165, 1.54) is 5.69 Å². The summed E-state index contributed by atoms with van der Waals surface area (Å²) in [6.45, 7) is 4.46. The average Bonchev–Trinajstić information content (AvgIpc) is 2.98. The summed E-state index contributed by atoms with van der Waals surface area (Å²) in [7, 11) is 0. The Labute approximate surface area is 159 Å². The van der Waals surface area contributed by atoms with E-state index in [1.54, 1.807) is 6.08 Å². The number of nitrogens with one attached hydrogen (secondary N) is 1. The molecule has 1 amide bonds. The van der Waals surface area contributed by atoms with Crippen LogP contribution in [-0.4, -0.2) is 50.2 Å². The molecule has 6 heteroatoms. The highest BCUT2D eigenvalue weighted by Crippen LogP contribution is 2.30. The summed E-state index contributed by atoms with van der Waals surface area (Å²) in [4.78, 5) is 19.7. The van der Waals surface area contributed by atoms with E-state index in [1.807, 2.05) is 41.6 Å². The Hall–Kier alpha value is -3.02. The molecule has 1 N–H and O–H groups in total. The highest BCUT2D eigenvalue weighted by Gasteiger charge is 2.20. The Kier molecular flexibility index (Phi) is 5.23. The van der Waals surface area contributed by atoms with Crippen LogP contribution in [0.3, 0.4) is 0 Å². The van der Waals surface area contributed by atoms with Gasteiger partial charge in [0.25, 0.3) is 0 Å². The number of aromatic amines is 1. The lowest BCUT2D eigenvalue weighted by atomic mass is 10.2. The Morgan fingerprint density at radius 2 is 1.70 bits per heavy atom. The molecular weight excluding hydrogens is 342 g/mol. The fourth-order valence-electron chi connectivity index (χ4n) is 3.33. The van der Waals surface area contributed by atoms with Crippen LogP contribution in [0.2, 0.25) is 0 Å². The van der Waals surface area contributed by atoms with Crippen LogP contribution in [0.4, 0.5) is 5.69 Å². The van der Waals surface area contributed by atoms with E-state index in [4.69, 9.17) is 9.47 Å². The molecule has 0 unspecified atom stereocenters. The van der Waals surface area contributed by atoms with E-state index in [0.717, 1.165) is 49.7 Å². The molecule has 140 valence electrons. The molecule has 1 saturated heterocycles. The number of H-pyrrole nitrogens is 1. The molecule has 2 aromatic rings. The molecule has 27 heavy (non-hydrogen) atoms. The summed E-state index contributed by atoms with van der Waals surface area (Å²) < 4.78 is 11.3. The maximum atomic E-state index is 12.5. The fraction of sp³-hybridized carbons (Fsp3) is 0.333. The molecular formula is C21H24N3O3+. The van der Waals surface area contributed by atoms with Gasteiger partial charge in [-0.1, -0.05) is 6.07 Å². The first-order valence-corrected chi connectivity index (χ1v) is 9.37. The third kappa shape index (κ3) is 4.22. The number of piperazine rings is 1. The molecule has 0 saturated carbocycles. The van der Waals surface area contributed by atoms with Crippen molar-refractivity contribution in [2.75, 3.05) is 44.3 Å². The molecule has 0 spiro atoms. The molecule has 1 aromatic heterocycles. The summed E-state index contributed by atoms with van der Waals surface area (Å²) in [5.41, 5.74) is 2.12. The fourth-order valence-corrected chi connectivity index (χ4v) is 3.33. The molecule has 3 heterocycles. The van der Waals surface area contributed by atoms with Gasteiger partial charge >= 0.3 is 0 Å². The number of amides is 1. The van der Waals surface area contributed by atoms with Crippen LogP contribution in [0.25, 0.3) is 6.08 Å². The second kappa shape index (κ2) is 8.12. The maximum Gasteiger partial charge on any atom is 0.246 e. The van der Waals surface area contributed by atoms with Crippen molar-refractivity contribution < 1.29 is 19.3 Å². The minimum absolute atomic E-state index is 0.0446. The molecule has 1 fully saturated rings. The topological polar surface area (TPSA) is 56.2 Å². The zero-order valence-electron chi connectivity index (χ0n) is 15.3. The molecule has 4 rings (SSSR count). The standard InChI is InChI=1S/C21H23N3O3/c25-21(24-12-10-23(11-13-24)18-6-8-22-9-7-18)5-3-17-2-4-19-20(16-17)27-15-1-14-26-19/h2-9,16H,1,10-15H2/p+1/b5-3+. The molecule has 6 nitrogen and oxygen atoms in total. The van der Waals surface area contributed by atoms with Gasteiger partial charge in [-0.2, -0.15) is 0 Å². The van der Waals surface area contributed by atoms with Crippen LogP contribution in [0, 0.1) is 0 Å². The summed E-state index contributed by atoms with van der Waals surface area (Å²) in [6.07, 6.45) is 8.21. The van der Waals surface area contributed by atoms with E-state index in [-0.39, 0.29) is 5.91 Å². The Morgan fingerprint density at radius 3 is 2.48 bits per heavy atom. The molecule has 0 radical (unpaired) electrons. The summed E-state index contributed by atoms with van der Waals surface area (Å²) in [5.74, 6) is 1.56. The zero-order chi connectivity index (χ0) is 18.5. The van der Waals surface area contributed by atoms with Crippen molar-refractivity contribution in [3.63, 3.8) is 0 Å². The summed E-state index contributed by atoms with van der Waals surface area (Å²) >= 11 is 0. The van der Waals surface area contributed by atoms with Crippen molar-refractivity contribution in [3.05, 3.63) is 54.4 Å². The lowest BCUT2D eigenvalue weighted by Crippen LogP contribution is -2.48. The van der Waals surface area contributed by atoms with E-state index >= 15 is 0 Å². The van der Waals surface area contributed by atoms with E-state index in [2.05, 4.69) is 22.0 Å². The van der Waals surface area contributed by atoms with E-state index < -0.39 is 0 Å². The number of fused-ring (bicyclic) bond motifs is 1. The van der Waals surface area contributed by atoms with Gasteiger partial charge in [0.1, 0.15) is 0 Å². The number of carbonyl (C=O) groups excluding carboxylic acids is 1. The number of nitrogens with zero attached hydrogens (tertiary/aromatic N) is 2. The number of hydrogen-bond acceptors (Lipinski definition) is 4. The van der Waals surface area contributed by atoms with Gasteiger partial charge in [-0.3, -0.25) is 4.79 Å². The number of rotatable bonds is 3. The second-order valence-corrected chi connectivity index (χ2v) is 6.66. The predicted molar refractivity (Wildman–Crippen MR) is 103 cm³/mol. The molecule has 0 aliphatic carbocycles. The highest BCUT2D eigenvalue weighted by atomic mass is 16.5. The number of aromatic nitrogens is 1. The first-order valence-electron chi connectivity index (χ1n) is 9.37. The number of pyridine rings is 1. The van der Waals surface area contributed by atoms with Crippen LogP contribution in [0.15, 0.2) is 48.8 Å².